The van der Waals surface area contributed by atoms with Crippen LogP contribution in [0.5, 0.6) is 0 Å². The van der Waals surface area contributed by atoms with E-state index in [1.807, 2.05) is 0 Å². The van der Waals surface area contributed by atoms with E-state index >= 15 is 0 Å². The molecule has 1 fully saturated rings. The lowest BCUT2D eigenvalue weighted by Gasteiger charge is -2.41. The van der Waals surface area contributed by atoms with Crippen LogP contribution < -0.4 is 5.32 Å². The Balaban J connectivity index is 2.52. The Hall–Kier alpha value is -1.31. The highest BCUT2D eigenvalue weighted by Gasteiger charge is 2.49. The van der Waals surface area contributed by atoms with Gasteiger partial charge in [0.25, 0.3) is 10.1 Å². The molecule has 1 N–H and O–H groups in total. The van der Waals surface area contributed by atoms with Crippen molar-refractivity contribution in [3.05, 3.63) is 35.6 Å². The first-order chi connectivity index (χ1) is 9.79. The van der Waals surface area contributed by atoms with Gasteiger partial charge in [-0.3, -0.25) is 8.98 Å². The second kappa shape index (κ2) is 5.82. The first kappa shape index (κ1) is 16.1. The highest BCUT2D eigenvalue weighted by atomic mass is 32.2. The van der Waals surface area contributed by atoms with Gasteiger partial charge in [-0.15, -0.1) is 0 Å². The molecule has 0 heterocycles. The van der Waals surface area contributed by atoms with Crippen LogP contribution in [0.1, 0.15) is 24.8 Å². The highest BCUT2D eigenvalue weighted by Crippen LogP contribution is 2.37. The van der Waals surface area contributed by atoms with Gasteiger partial charge >= 0.3 is 0 Å². The summed E-state index contributed by atoms with van der Waals surface area (Å²) in [7, 11) is -2.14. The van der Waals surface area contributed by atoms with E-state index in [4.69, 9.17) is 4.18 Å². The van der Waals surface area contributed by atoms with Crippen molar-refractivity contribution in [2.24, 2.45) is 0 Å². The normalized spacial score (nSPS) is 26.8. The summed E-state index contributed by atoms with van der Waals surface area (Å²) >= 11 is 0. The average molecular weight is 315 g/mol. The summed E-state index contributed by atoms with van der Waals surface area (Å²) in [5.41, 5.74) is -0.764. The van der Waals surface area contributed by atoms with Gasteiger partial charge in [-0.25, -0.2) is 4.39 Å². The topological polar surface area (TPSA) is 72.5 Å². The Kier molecular flexibility index (Phi) is 4.46. The number of halogens is 1. The summed E-state index contributed by atoms with van der Waals surface area (Å²) in [6.07, 6.45) is 1.42. The lowest BCUT2D eigenvalue weighted by atomic mass is 9.73. The maximum atomic E-state index is 13.1. The van der Waals surface area contributed by atoms with E-state index in [2.05, 4.69) is 5.32 Å². The maximum Gasteiger partial charge on any atom is 0.264 e. The fourth-order valence-electron chi connectivity index (χ4n) is 2.88. The smallest absolute Gasteiger partial charge is 0.264 e. The van der Waals surface area contributed by atoms with Gasteiger partial charge in [0, 0.05) is 6.42 Å². The number of benzene rings is 1. The fraction of sp³-hybridized carbons (Fsp3) is 0.500. The van der Waals surface area contributed by atoms with Crippen molar-refractivity contribution in [3.63, 3.8) is 0 Å². The second-order valence-electron chi connectivity index (χ2n) is 5.17. The number of rotatable bonds is 4. The van der Waals surface area contributed by atoms with Gasteiger partial charge in [-0.1, -0.05) is 12.1 Å². The SMILES string of the molecule is CN[C@@]1(c2ccc(F)cc2)C(=O)CCCC1OS(C)(=O)=O. The first-order valence-corrected chi connectivity index (χ1v) is 8.48. The van der Waals surface area contributed by atoms with E-state index in [9.17, 15) is 17.6 Å². The van der Waals surface area contributed by atoms with Gasteiger partial charge in [0.05, 0.1) is 6.26 Å². The third kappa shape index (κ3) is 3.14. The molecule has 2 rings (SSSR count). The third-order valence-corrected chi connectivity index (χ3v) is 4.36. The molecule has 1 aliphatic carbocycles. The number of Topliss-reactive ketones (excluding diaryl/α,β-unsaturated/α-hetero) is 1. The standard InChI is InChI=1S/C14H18FNO4S/c1-16-14(10-6-8-11(15)9-7-10)12(17)4-3-5-13(14)20-21(2,18)19/h6-9,13,16H,3-5H2,1-2H3/t13?,14-/m0/s1. The largest absolute Gasteiger partial charge is 0.302 e. The molecule has 21 heavy (non-hydrogen) atoms. The Morgan fingerprint density at radius 2 is 1.95 bits per heavy atom. The summed E-state index contributed by atoms with van der Waals surface area (Å²) in [4.78, 5) is 12.5. The zero-order valence-corrected chi connectivity index (χ0v) is 12.7. The molecule has 0 spiro atoms. The quantitative estimate of drug-likeness (QED) is 0.849. The number of hydrogen-bond donors (Lipinski definition) is 1. The Morgan fingerprint density at radius 1 is 1.33 bits per heavy atom. The van der Waals surface area contributed by atoms with Crippen molar-refractivity contribution in [1.82, 2.24) is 5.32 Å². The van der Waals surface area contributed by atoms with Gasteiger partial charge < -0.3 is 5.32 Å². The molecule has 0 aromatic heterocycles. The predicted molar refractivity (Wildman–Crippen MR) is 75.7 cm³/mol. The van der Waals surface area contributed by atoms with Crippen molar-refractivity contribution in [2.45, 2.75) is 30.9 Å². The minimum atomic E-state index is -3.71. The van der Waals surface area contributed by atoms with Gasteiger partial charge in [0.1, 0.15) is 17.5 Å². The number of likely N-dealkylation sites (N-methyl/N-ethyl adjacent to an activating group) is 1. The van der Waals surface area contributed by atoms with E-state index in [0.717, 1.165) is 6.26 Å². The average Bonchev–Trinajstić information content (AvgIpc) is 2.39. The highest BCUT2D eigenvalue weighted by molar-refractivity contribution is 7.86. The van der Waals surface area contributed by atoms with Crippen molar-refractivity contribution in [2.75, 3.05) is 13.3 Å². The summed E-state index contributed by atoms with van der Waals surface area (Å²) < 4.78 is 41.2. The molecule has 7 heteroatoms. The fourth-order valence-corrected chi connectivity index (χ4v) is 3.54. The van der Waals surface area contributed by atoms with Gasteiger partial charge in [0.15, 0.2) is 5.78 Å². The van der Waals surface area contributed by atoms with E-state index in [1.165, 1.54) is 24.3 Å². The van der Waals surface area contributed by atoms with Crippen molar-refractivity contribution in [1.29, 1.82) is 0 Å². The van der Waals surface area contributed by atoms with Gasteiger partial charge in [-0.2, -0.15) is 8.42 Å². The summed E-state index contributed by atoms with van der Waals surface area (Å²) in [6, 6.07) is 5.45. The summed E-state index contributed by atoms with van der Waals surface area (Å²) in [5, 5.41) is 2.91. The minimum Gasteiger partial charge on any atom is -0.302 e. The molecule has 1 saturated carbocycles. The van der Waals surface area contributed by atoms with Crippen LogP contribution in [0.25, 0.3) is 0 Å². The number of carbonyl (C=O) groups is 1. The van der Waals surface area contributed by atoms with Crippen molar-refractivity contribution < 1.29 is 21.8 Å². The predicted octanol–water partition coefficient (Wildman–Crippen LogP) is 1.34. The Bertz CT molecular complexity index is 629. The van der Waals surface area contributed by atoms with E-state index in [1.54, 1.807) is 7.05 Å². The van der Waals surface area contributed by atoms with Crippen molar-refractivity contribution in [3.8, 4) is 0 Å². The van der Waals surface area contributed by atoms with E-state index < -0.39 is 27.6 Å². The van der Waals surface area contributed by atoms with Crippen LogP contribution in [-0.4, -0.2) is 33.6 Å². The summed E-state index contributed by atoms with van der Waals surface area (Å²) in [6.45, 7) is 0. The molecule has 1 aromatic carbocycles. The molecule has 0 amide bonds. The zero-order valence-electron chi connectivity index (χ0n) is 11.9. The van der Waals surface area contributed by atoms with Crippen LogP contribution in [0.3, 0.4) is 0 Å². The molecule has 116 valence electrons. The molecule has 5 nitrogen and oxygen atoms in total. The van der Waals surface area contributed by atoms with Crippen LogP contribution in [0.2, 0.25) is 0 Å². The lowest BCUT2D eigenvalue weighted by Crippen LogP contribution is -2.59. The Labute approximate surface area is 123 Å². The number of carbonyl (C=O) groups excluding carboxylic acids is 1. The Morgan fingerprint density at radius 3 is 2.48 bits per heavy atom. The van der Waals surface area contributed by atoms with E-state index in [-0.39, 0.29) is 5.78 Å². The van der Waals surface area contributed by atoms with E-state index in [0.29, 0.717) is 24.8 Å². The first-order valence-electron chi connectivity index (χ1n) is 6.66. The van der Waals surface area contributed by atoms with Crippen LogP contribution in [-0.2, 0) is 24.6 Å². The molecule has 0 aliphatic heterocycles. The van der Waals surface area contributed by atoms with Crippen LogP contribution in [0, 0.1) is 5.82 Å². The molecular formula is C14H18FNO4S. The number of ketones is 1. The molecule has 0 saturated heterocycles. The van der Waals surface area contributed by atoms with Crippen molar-refractivity contribution >= 4 is 15.9 Å². The van der Waals surface area contributed by atoms with Gasteiger partial charge in [0.2, 0.25) is 0 Å². The van der Waals surface area contributed by atoms with Crippen LogP contribution in [0.15, 0.2) is 24.3 Å². The number of nitrogens with one attached hydrogen (secondary N) is 1. The minimum absolute atomic E-state index is 0.156. The van der Waals surface area contributed by atoms with Crippen LogP contribution >= 0.6 is 0 Å². The molecule has 1 unspecified atom stereocenters. The molecule has 2 atom stereocenters. The second-order valence-corrected chi connectivity index (χ2v) is 6.77. The molecule has 1 aromatic rings. The maximum absolute atomic E-state index is 13.1. The van der Waals surface area contributed by atoms with Crippen LogP contribution in [0.4, 0.5) is 4.39 Å². The molecule has 0 radical (unpaired) electrons. The molecule has 1 aliphatic rings. The molecule has 0 bridgehead atoms. The lowest BCUT2D eigenvalue weighted by molar-refractivity contribution is -0.133. The molecular weight excluding hydrogens is 297 g/mol. The third-order valence-electron chi connectivity index (χ3n) is 3.78. The zero-order chi connectivity index (χ0) is 15.7. The van der Waals surface area contributed by atoms with Gasteiger partial charge in [-0.05, 0) is 37.6 Å². The number of hydrogen-bond acceptors (Lipinski definition) is 5. The monoisotopic (exact) mass is 315 g/mol. The summed E-state index contributed by atoms with van der Waals surface area (Å²) in [5.74, 6) is -0.578.